The minimum Gasteiger partial charge on any atom is -0.487 e. The van der Waals surface area contributed by atoms with E-state index in [9.17, 15) is 4.39 Å². The Morgan fingerprint density at radius 2 is 2.11 bits per heavy atom. The van der Waals surface area contributed by atoms with E-state index in [0.29, 0.717) is 0 Å². The molecule has 2 aliphatic heterocycles. The molecule has 0 bridgehead atoms. The highest BCUT2D eigenvalue weighted by Crippen LogP contribution is 2.44. The Morgan fingerprint density at radius 1 is 1.37 bits per heavy atom. The van der Waals surface area contributed by atoms with Crippen molar-refractivity contribution >= 4 is 0 Å². The Morgan fingerprint density at radius 3 is 2.79 bits per heavy atom. The van der Waals surface area contributed by atoms with Gasteiger partial charge >= 0.3 is 0 Å². The smallest absolute Gasteiger partial charge is 0.125 e. The van der Waals surface area contributed by atoms with E-state index in [4.69, 9.17) is 4.74 Å². The fourth-order valence-electron chi connectivity index (χ4n) is 3.23. The number of ether oxygens (including phenoxy) is 1. The molecule has 3 nitrogen and oxygen atoms in total. The number of hydrogen-bond acceptors (Lipinski definition) is 3. The molecule has 1 N–H and O–H groups in total. The average Bonchev–Trinajstić information content (AvgIpc) is 2.42. The molecule has 4 heteroatoms. The number of rotatable bonds is 1. The zero-order chi connectivity index (χ0) is 13.5. The van der Waals surface area contributed by atoms with Crippen LogP contribution in [0.15, 0.2) is 18.2 Å². The zero-order valence-electron chi connectivity index (χ0n) is 11.6. The highest BCUT2D eigenvalue weighted by atomic mass is 19.1. The van der Waals surface area contributed by atoms with Crippen LogP contribution in [-0.2, 0) is 0 Å². The standard InChI is InChI=1S/C15H21FN2O/c1-17-13-10-15(5-7-18(2)8-6-15)19-14-4-3-11(16)9-12(13)14/h3-4,9,13,17H,5-8,10H2,1-2H3. The Kier molecular flexibility index (Phi) is 3.23. The van der Waals surface area contributed by atoms with Gasteiger partial charge in [-0.05, 0) is 45.1 Å². The van der Waals surface area contributed by atoms with Gasteiger partial charge in [0.25, 0.3) is 0 Å². The van der Waals surface area contributed by atoms with Crippen molar-refractivity contribution in [1.82, 2.24) is 10.2 Å². The number of hydrogen-bond donors (Lipinski definition) is 1. The molecular formula is C15H21FN2O. The van der Waals surface area contributed by atoms with E-state index in [1.807, 2.05) is 7.05 Å². The number of fused-ring (bicyclic) bond motifs is 1. The van der Waals surface area contributed by atoms with Crippen LogP contribution in [0.2, 0.25) is 0 Å². The second kappa shape index (κ2) is 4.76. The number of piperidine rings is 1. The van der Waals surface area contributed by atoms with Crippen molar-refractivity contribution in [3.8, 4) is 5.75 Å². The Hall–Kier alpha value is -1.13. The quantitative estimate of drug-likeness (QED) is 0.842. The van der Waals surface area contributed by atoms with Crippen molar-refractivity contribution in [2.75, 3.05) is 27.2 Å². The van der Waals surface area contributed by atoms with Crippen molar-refractivity contribution in [3.05, 3.63) is 29.6 Å². The maximum Gasteiger partial charge on any atom is 0.125 e. The lowest BCUT2D eigenvalue weighted by atomic mass is 9.80. The summed E-state index contributed by atoms with van der Waals surface area (Å²) in [5.41, 5.74) is 0.873. The number of nitrogens with zero attached hydrogens (tertiary/aromatic N) is 1. The number of nitrogens with one attached hydrogen (secondary N) is 1. The molecule has 1 aromatic carbocycles. The molecule has 1 aromatic rings. The third-order valence-corrected chi connectivity index (χ3v) is 4.50. The molecule has 0 aromatic heterocycles. The van der Waals surface area contributed by atoms with E-state index < -0.39 is 0 Å². The van der Waals surface area contributed by atoms with Gasteiger partial charge in [-0.25, -0.2) is 4.39 Å². The molecule has 3 rings (SSSR count). The molecule has 0 radical (unpaired) electrons. The molecule has 2 aliphatic rings. The van der Waals surface area contributed by atoms with E-state index in [-0.39, 0.29) is 17.5 Å². The molecule has 1 saturated heterocycles. The second-order valence-electron chi connectivity index (χ2n) is 5.82. The van der Waals surface area contributed by atoms with Crippen molar-refractivity contribution < 1.29 is 9.13 Å². The molecule has 2 heterocycles. The van der Waals surface area contributed by atoms with Gasteiger partial charge < -0.3 is 15.0 Å². The zero-order valence-corrected chi connectivity index (χ0v) is 11.6. The first kappa shape index (κ1) is 12.9. The van der Waals surface area contributed by atoms with Crippen molar-refractivity contribution in [3.63, 3.8) is 0 Å². The van der Waals surface area contributed by atoms with E-state index >= 15 is 0 Å². The summed E-state index contributed by atoms with van der Waals surface area (Å²) in [7, 11) is 4.09. The summed E-state index contributed by atoms with van der Waals surface area (Å²) < 4.78 is 19.7. The first-order valence-corrected chi connectivity index (χ1v) is 6.96. The number of halogens is 1. The van der Waals surface area contributed by atoms with Crippen molar-refractivity contribution in [1.29, 1.82) is 0 Å². The summed E-state index contributed by atoms with van der Waals surface area (Å²) in [5.74, 6) is 0.651. The molecular weight excluding hydrogens is 243 g/mol. The van der Waals surface area contributed by atoms with Crippen LogP contribution in [-0.4, -0.2) is 37.7 Å². The molecule has 19 heavy (non-hydrogen) atoms. The Bertz CT molecular complexity index is 469. The minimum absolute atomic E-state index is 0.0784. The third-order valence-electron chi connectivity index (χ3n) is 4.50. The minimum atomic E-state index is -0.193. The largest absolute Gasteiger partial charge is 0.487 e. The van der Waals surface area contributed by atoms with Gasteiger partial charge in [-0.1, -0.05) is 0 Å². The van der Waals surface area contributed by atoms with Crippen LogP contribution >= 0.6 is 0 Å². The van der Waals surface area contributed by atoms with Crippen LogP contribution in [0.5, 0.6) is 5.75 Å². The first-order valence-electron chi connectivity index (χ1n) is 6.96. The monoisotopic (exact) mass is 264 g/mol. The van der Waals surface area contributed by atoms with Gasteiger partial charge in [-0.15, -0.1) is 0 Å². The second-order valence-corrected chi connectivity index (χ2v) is 5.82. The number of benzene rings is 1. The highest BCUT2D eigenvalue weighted by Gasteiger charge is 2.42. The molecule has 104 valence electrons. The van der Waals surface area contributed by atoms with E-state index in [0.717, 1.165) is 43.7 Å². The summed E-state index contributed by atoms with van der Waals surface area (Å²) in [6.07, 6.45) is 3.00. The van der Waals surface area contributed by atoms with Gasteiger partial charge in [0, 0.05) is 31.1 Å². The maximum atomic E-state index is 13.4. The van der Waals surface area contributed by atoms with Crippen LogP contribution in [0.25, 0.3) is 0 Å². The van der Waals surface area contributed by atoms with E-state index in [1.54, 1.807) is 12.1 Å². The lowest BCUT2D eigenvalue weighted by Crippen LogP contribution is -2.50. The molecule has 1 atom stereocenters. The lowest BCUT2D eigenvalue weighted by Gasteiger charge is -2.46. The predicted molar refractivity (Wildman–Crippen MR) is 72.9 cm³/mol. The number of likely N-dealkylation sites (tertiary alicyclic amines) is 1. The normalized spacial score (nSPS) is 25.9. The lowest BCUT2D eigenvalue weighted by molar-refractivity contribution is -0.0196. The van der Waals surface area contributed by atoms with Crippen LogP contribution in [0.1, 0.15) is 30.9 Å². The van der Waals surface area contributed by atoms with Crippen molar-refractivity contribution in [2.45, 2.75) is 30.9 Å². The Balaban J connectivity index is 1.91. The van der Waals surface area contributed by atoms with Gasteiger partial charge in [0.15, 0.2) is 0 Å². The molecule has 1 unspecified atom stereocenters. The summed E-state index contributed by atoms with van der Waals surface area (Å²) >= 11 is 0. The van der Waals surface area contributed by atoms with E-state index in [2.05, 4.69) is 17.3 Å². The van der Waals surface area contributed by atoms with Crippen LogP contribution in [0.4, 0.5) is 4.39 Å². The first-order chi connectivity index (χ1) is 9.12. The topological polar surface area (TPSA) is 24.5 Å². The molecule has 0 aliphatic carbocycles. The van der Waals surface area contributed by atoms with Crippen LogP contribution in [0, 0.1) is 5.82 Å². The summed E-state index contributed by atoms with van der Waals surface area (Å²) in [6.45, 7) is 2.12. The maximum absolute atomic E-state index is 13.4. The fourth-order valence-corrected chi connectivity index (χ4v) is 3.23. The van der Waals surface area contributed by atoms with Gasteiger partial charge in [0.2, 0.25) is 0 Å². The molecule has 0 amide bonds. The van der Waals surface area contributed by atoms with Gasteiger partial charge in [0.1, 0.15) is 17.2 Å². The molecule has 1 fully saturated rings. The summed E-state index contributed by atoms with van der Waals surface area (Å²) in [6, 6.07) is 5.04. The fraction of sp³-hybridized carbons (Fsp3) is 0.600. The van der Waals surface area contributed by atoms with Crippen molar-refractivity contribution in [2.24, 2.45) is 0 Å². The SMILES string of the molecule is CNC1CC2(CCN(C)CC2)Oc2ccc(F)cc21. The van der Waals surface area contributed by atoms with Gasteiger partial charge in [-0.3, -0.25) is 0 Å². The summed E-state index contributed by atoms with van der Waals surface area (Å²) in [4.78, 5) is 2.34. The third kappa shape index (κ3) is 2.35. The van der Waals surface area contributed by atoms with Gasteiger partial charge in [0.05, 0.1) is 0 Å². The van der Waals surface area contributed by atoms with Crippen LogP contribution in [0.3, 0.4) is 0 Å². The van der Waals surface area contributed by atoms with Gasteiger partial charge in [-0.2, -0.15) is 0 Å². The highest BCUT2D eigenvalue weighted by molar-refractivity contribution is 5.39. The predicted octanol–water partition coefficient (Wildman–Crippen LogP) is 2.33. The van der Waals surface area contributed by atoms with E-state index in [1.165, 1.54) is 6.07 Å². The Labute approximate surface area is 113 Å². The summed E-state index contributed by atoms with van der Waals surface area (Å²) in [5, 5.41) is 3.31. The molecule has 0 saturated carbocycles. The average molecular weight is 264 g/mol. The molecule has 1 spiro atoms. The van der Waals surface area contributed by atoms with Crippen LogP contribution < -0.4 is 10.1 Å².